The van der Waals surface area contributed by atoms with Crippen molar-refractivity contribution in [1.82, 2.24) is 4.37 Å². The molecule has 1 fully saturated rings. The largest absolute Gasteiger partial charge is 0.484 e. The summed E-state index contributed by atoms with van der Waals surface area (Å²) in [5.74, 6) is 1.69. The Labute approximate surface area is 112 Å². The van der Waals surface area contributed by atoms with Crippen molar-refractivity contribution in [2.45, 2.75) is 39.3 Å². The van der Waals surface area contributed by atoms with Crippen molar-refractivity contribution in [2.75, 3.05) is 24.3 Å². The topological polar surface area (TPSA) is 69.4 Å². The van der Waals surface area contributed by atoms with Crippen molar-refractivity contribution in [3.05, 3.63) is 0 Å². The van der Waals surface area contributed by atoms with Crippen molar-refractivity contribution < 1.29 is 9.47 Å². The van der Waals surface area contributed by atoms with E-state index in [-0.39, 0.29) is 6.10 Å². The number of hydrogen-bond donors (Lipinski definition) is 2. The van der Waals surface area contributed by atoms with Crippen LogP contribution < -0.4 is 15.8 Å². The first-order chi connectivity index (χ1) is 8.58. The maximum atomic E-state index is 5.83. The summed E-state index contributed by atoms with van der Waals surface area (Å²) in [6, 6.07) is 0.335. The highest BCUT2D eigenvalue weighted by Gasteiger charge is 2.24. The van der Waals surface area contributed by atoms with Gasteiger partial charge in [-0.05, 0) is 38.7 Å². The fourth-order valence-electron chi connectivity index (χ4n) is 2.01. The Kier molecular flexibility index (Phi) is 4.29. The van der Waals surface area contributed by atoms with Gasteiger partial charge in [-0.15, -0.1) is 0 Å². The number of nitrogens with two attached hydrogens (primary N) is 1. The van der Waals surface area contributed by atoms with Crippen molar-refractivity contribution in [2.24, 2.45) is 5.92 Å². The maximum Gasteiger partial charge on any atom is 0.197 e. The lowest BCUT2D eigenvalue weighted by Gasteiger charge is -2.20. The molecular weight excluding hydrogens is 250 g/mol. The van der Waals surface area contributed by atoms with Gasteiger partial charge in [0.05, 0.1) is 12.7 Å². The molecule has 3 N–H and O–H groups in total. The van der Waals surface area contributed by atoms with Crippen LogP contribution in [-0.2, 0) is 4.74 Å². The number of hydrogen-bond acceptors (Lipinski definition) is 6. The summed E-state index contributed by atoms with van der Waals surface area (Å²) in [4.78, 5) is 0. The van der Waals surface area contributed by atoms with E-state index in [1.807, 2.05) is 13.8 Å². The van der Waals surface area contributed by atoms with E-state index in [0.717, 1.165) is 24.6 Å². The molecule has 1 saturated heterocycles. The molecule has 6 heteroatoms. The Balaban J connectivity index is 2.03. The van der Waals surface area contributed by atoms with Gasteiger partial charge >= 0.3 is 0 Å². The van der Waals surface area contributed by atoms with Crippen LogP contribution in [0.15, 0.2) is 0 Å². The number of nitrogens with zero attached hydrogens (tertiary/aromatic N) is 1. The van der Waals surface area contributed by atoms with Crippen molar-refractivity contribution in [3.8, 4) is 5.75 Å². The van der Waals surface area contributed by atoms with Crippen LogP contribution in [-0.4, -0.2) is 29.7 Å². The average molecular weight is 271 g/mol. The standard InChI is InChI=1S/C12H21N3O2S/c1-7(2)17-10-11(13)15-18-12(10)14-8(3)9-4-5-16-6-9/h7-9,14H,4-6H2,1-3H3,(H2,13,15). The van der Waals surface area contributed by atoms with E-state index < -0.39 is 0 Å². The van der Waals surface area contributed by atoms with Gasteiger partial charge in [-0.3, -0.25) is 0 Å². The van der Waals surface area contributed by atoms with Gasteiger partial charge in [-0.1, -0.05) is 0 Å². The molecule has 102 valence electrons. The van der Waals surface area contributed by atoms with Crippen molar-refractivity contribution >= 4 is 22.4 Å². The van der Waals surface area contributed by atoms with Crippen LogP contribution >= 0.6 is 11.5 Å². The van der Waals surface area contributed by atoms with Crippen LogP contribution in [0.4, 0.5) is 10.8 Å². The fourth-order valence-corrected chi connectivity index (χ4v) is 2.75. The quantitative estimate of drug-likeness (QED) is 0.860. The molecule has 0 aliphatic carbocycles. The number of nitrogen functional groups attached to an aromatic ring is 1. The van der Waals surface area contributed by atoms with E-state index in [0.29, 0.717) is 23.5 Å². The Morgan fingerprint density at radius 1 is 1.50 bits per heavy atom. The number of rotatable bonds is 5. The Morgan fingerprint density at radius 2 is 2.28 bits per heavy atom. The monoisotopic (exact) mass is 271 g/mol. The summed E-state index contributed by atoms with van der Waals surface area (Å²) in [5, 5.41) is 4.37. The third-order valence-corrected chi connectivity index (χ3v) is 3.83. The molecular formula is C12H21N3O2S. The maximum absolute atomic E-state index is 5.83. The van der Waals surface area contributed by atoms with Crippen LogP contribution in [0.1, 0.15) is 27.2 Å². The number of ether oxygens (including phenoxy) is 2. The molecule has 1 aliphatic heterocycles. The van der Waals surface area contributed by atoms with E-state index in [1.165, 1.54) is 11.5 Å². The molecule has 2 heterocycles. The smallest absolute Gasteiger partial charge is 0.197 e. The predicted octanol–water partition coefficient (Wildman–Crippen LogP) is 2.35. The summed E-state index contributed by atoms with van der Waals surface area (Å²) in [6.45, 7) is 7.80. The summed E-state index contributed by atoms with van der Waals surface area (Å²) in [7, 11) is 0. The lowest BCUT2D eigenvalue weighted by Crippen LogP contribution is -2.26. The van der Waals surface area contributed by atoms with Crippen LogP contribution in [0.5, 0.6) is 5.75 Å². The van der Waals surface area contributed by atoms with Crippen molar-refractivity contribution in [1.29, 1.82) is 0 Å². The van der Waals surface area contributed by atoms with Gasteiger partial charge < -0.3 is 20.5 Å². The molecule has 18 heavy (non-hydrogen) atoms. The Hall–Kier alpha value is -1.01. The third kappa shape index (κ3) is 3.05. The predicted molar refractivity (Wildman–Crippen MR) is 74.3 cm³/mol. The molecule has 2 rings (SSSR count). The minimum absolute atomic E-state index is 0.0920. The SMILES string of the molecule is CC(C)Oc1c(N)nsc1NC(C)C1CCOC1. The third-order valence-electron chi connectivity index (χ3n) is 3.06. The van der Waals surface area contributed by atoms with Gasteiger partial charge in [0, 0.05) is 18.6 Å². The molecule has 1 aliphatic rings. The molecule has 2 unspecified atom stereocenters. The summed E-state index contributed by atoms with van der Waals surface area (Å²) < 4.78 is 15.3. The first-order valence-electron chi connectivity index (χ1n) is 6.34. The first-order valence-corrected chi connectivity index (χ1v) is 7.11. The summed E-state index contributed by atoms with van der Waals surface area (Å²) in [6.07, 6.45) is 1.19. The molecule has 0 bridgehead atoms. The highest BCUT2D eigenvalue weighted by atomic mass is 32.1. The molecule has 1 aromatic rings. The number of nitrogens with one attached hydrogen (secondary N) is 1. The molecule has 0 spiro atoms. The zero-order valence-corrected chi connectivity index (χ0v) is 11.9. The Bertz CT molecular complexity index is 389. The molecule has 0 amide bonds. The van der Waals surface area contributed by atoms with Gasteiger partial charge in [0.1, 0.15) is 0 Å². The second-order valence-corrected chi connectivity index (χ2v) is 5.72. The molecule has 5 nitrogen and oxygen atoms in total. The lowest BCUT2D eigenvalue weighted by molar-refractivity contribution is 0.183. The summed E-state index contributed by atoms with van der Waals surface area (Å²) in [5.41, 5.74) is 5.83. The van der Waals surface area contributed by atoms with E-state index in [9.17, 15) is 0 Å². The highest BCUT2D eigenvalue weighted by molar-refractivity contribution is 7.11. The molecule has 0 saturated carbocycles. The highest BCUT2D eigenvalue weighted by Crippen LogP contribution is 2.37. The van der Waals surface area contributed by atoms with Crippen LogP contribution in [0.3, 0.4) is 0 Å². The lowest BCUT2D eigenvalue weighted by atomic mass is 10.0. The first kappa shape index (κ1) is 13.4. The van der Waals surface area contributed by atoms with Crippen LogP contribution in [0, 0.1) is 5.92 Å². The minimum Gasteiger partial charge on any atom is -0.484 e. The zero-order valence-electron chi connectivity index (χ0n) is 11.1. The van der Waals surface area contributed by atoms with Gasteiger partial charge in [-0.2, -0.15) is 4.37 Å². The fraction of sp³-hybridized carbons (Fsp3) is 0.750. The second-order valence-electron chi connectivity index (χ2n) is 4.95. The zero-order chi connectivity index (χ0) is 13.1. The van der Waals surface area contributed by atoms with E-state index >= 15 is 0 Å². The minimum atomic E-state index is 0.0920. The van der Waals surface area contributed by atoms with Crippen molar-refractivity contribution in [3.63, 3.8) is 0 Å². The molecule has 0 aromatic carbocycles. The van der Waals surface area contributed by atoms with E-state index in [4.69, 9.17) is 15.2 Å². The normalized spacial score (nSPS) is 21.2. The van der Waals surface area contributed by atoms with Gasteiger partial charge in [0.2, 0.25) is 0 Å². The van der Waals surface area contributed by atoms with Gasteiger partial charge in [-0.25, -0.2) is 0 Å². The average Bonchev–Trinajstić information content (AvgIpc) is 2.93. The van der Waals surface area contributed by atoms with Crippen LogP contribution in [0.25, 0.3) is 0 Å². The number of aromatic nitrogens is 1. The summed E-state index contributed by atoms with van der Waals surface area (Å²) >= 11 is 1.35. The molecule has 0 radical (unpaired) electrons. The van der Waals surface area contributed by atoms with E-state index in [1.54, 1.807) is 0 Å². The number of anilines is 2. The second kappa shape index (κ2) is 5.75. The molecule has 2 atom stereocenters. The van der Waals surface area contributed by atoms with Gasteiger partial charge in [0.25, 0.3) is 0 Å². The van der Waals surface area contributed by atoms with Gasteiger partial charge in [0.15, 0.2) is 16.6 Å². The van der Waals surface area contributed by atoms with E-state index in [2.05, 4.69) is 16.6 Å². The molecule has 1 aromatic heterocycles. The van der Waals surface area contributed by atoms with Crippen LogP contribution in [0.2, 0.25) is 0 Å². The Morgan fingerprint density at radius 3 is 2.89 bits per heavy atom.